The molecule has 0 spiro atoms. The van der Waals surface area contributed by atoms with Crippen LogP contribution in [0.4, 0.5) is 23.2 Å². The number of halogens is 2. The number of alkyl halides is 2. The second-order valence-electron chi connectivity index (χ2n) is 13.7. The lowest BCUT2D eigenvalue weighted by Gasteiger charge is -2.44. The predicted octanol–water partition coefficient (Wildman–Crippen LogP) is 2.26. The molecule has 318 valence electrons. The smallest absolute Gasteiger partial charge is 0.448 e. The molecule has 0 aromatic heterocycles. The van der Waals surface area contributed by atoms with E-state index in [2.05, 4.69) is 51.4 Å². The van der Waals surface area contributed by atoms with Crippen LogP contribution in [0, 0.1) is 0 Å². The molecule has 22 heteroatoms. The maximum atomic E-state index is 11.5. The average Bonchev–Trinajstić information content (AvgIpc) is 3.96. The van der Waals surface area contributed by atoms with Crippen molar-refractivity contribution in [2.24, 2.45) is 0 Å². The Morgan fingerprint density at radius 3 is 1.04 bits per heavy atom. The highest BCUT2D eigenvalue weighted by Gasteiger charge is 2.41. The van der Waals surface area contributed by atoms with Gasteiger partial charge in [-0.1, -0.05) is 0 Å². The van der Waals surface area contributed by atoms with Crippen molar-refractivity contribution in [2.45, 2.75) is 64.8 Å². The molecule has 0 bridgehead atoms. The second kappa shape index (κ2) is 22.1. The summed E-state index contributed by atoms with van der Waals surface area (Å²) in [6, 6.07) is 0.130. The van der Waals surface area contributed by atoms with E-state index in [0.29, 0.717) is 32.9 Å². The Morgan fingerprint density at radius 1 is 0.500 bits per heavy atom. The van der Waals surface area contributed by atoms with Gasteiger partial charge in [0.05, 0.1) is 57.4 Å². The van der Waals surface area contributed by atoms with Crippen molar-refractivity contribution in [2.75, 3.05) is 127 Å². The lowest BCUT2D eigenvalue weighted by molar-refractivity contribution is -0.339. The Hall–Kier alpha value is -2.70. The molecule has 0 radical (unpaired) electrons. The molecular formula is C32H61F2N5O14S. The first-order valence-corrected chi connectivity index (χ1v) is 18.8. The molecule has 7 rings (SSSR count). The summed E-state index contributed by atoms with van der Waals surface area (Å²) in [6.07, 6.45) is -4.06. The molecule has 0 aromatic carbocycles. The van der Waals surface area contributed by atoms with Gasteiger partial charge < -0.3 is 47.9 Å². The van der Waals surface area contributed by atoms with E-state index in [0.717, 1.165) is 46.1 Å². The molecule has 0 saturated carbocycles. The zero-order valence-corrected chi connectivity index (χ0v) is 34.3. The molecule has 7 aliphatic rings. The van der Waals surface area contributed by atoms with Crippen LogP contribution in [0.5, 0.6) is 0 Å². The van der Waals surface area contributed by atoms with E-state index in [4.69, 9.17) is 18.9 Å². The molecule has 0 N–H and O–H groups in total. The summed E-state index contributed by atoms with van der Waals surface area (Å²) in [4.78, 5) is 35.8. The number of carbonyl (C=O) groups excluding carboxylic acids is 3. The summed E-state index contributed by atoms with van der Waals surface area (Å²) in [5.74, 6) is -0.306. The summed E-state index contributed by atoms with van der Waals surface area (Å²) in [7, 11) is 5.47. The van der Waals surface area contributed by atoms with Crippen LogP contribution in [0.15, 0.2) is 0 Å². The molecule has 7 heterocycles. The molecule has 7 fully saturated rings. The van der Waals surface area contributed by atoms with E-state index in [1.54, 1.807) is 35.8 Å². The predicted molar refractivity (Wildman–Crippen MR) is 189 cm³/mol. The minimum Gasteiger partial charge on any atom is -0.448 e. The SMILES string of the molecule is CC1(C)OCCO1.CC1(C)OCCOC1(C)C.CN1CCN(C)C1=O.CN1CCN(C)S1(=O)=O.CN1CCOC1=O.FC1(F)OCCO1.O=C1OCCO1. The molecule has 19 nitrogen and oxygen atoms in total. The van der Waals surface area contributed by atoms with Gasteiger partial charge in [0.1, 0.15) is 19.8 Å². The number of hydrogen-bond donors (Lipinski definition) is 0. The van der Waals surface area contributed by atoms with Crippen LogP contribution in [0.3, 0.4) is 0 Å². The zero-order chi connectivity index (χ0) is 41.4. The number of rotatable bonds is 0. The Bertz CT molecular complexity index is 1190. The van der Waals surface area contributed by atoms with E-state index in [1.807, 2.05) is 27.9 Å². The van der Waals surface area contributed by atoms with Crippen LogP contribution in [-0.4, -0.2) is 201 Å². The van der Waals surface area contributed by atoms with E-state index < -0.39 is 22.7 Å². The summed E-state index contributed by atoms with van der Waals surface area (Å²) >= 11 is 0. The lowest BCUT2D eigenvalue weighted by atomic mass is 9.88. The number of carbonyl (C=O) groups is 3. The van der Waals surface area contributed by atoms with Gasteiger partial charge >= 0.3 is 24.6 Å². The van der Waals surface area contributed by atoms with Gasteiger partial charge in [-0.25, -0.2) is 14.4 Å². The van der Waals surface area contributed by atoms with Crippen LogP contribution in [-0.2, 0) is 52.8 Å². The molecule has 54 heavy (non-hydrogen) atoms. The van der Waals surface area contributed by atoms with Gasteiger partial charge in [-0.2, -0.15) is 17.0 Å². The molecule has 0 aliphatic carbocycles. The van der Waals surface area contributed by atoms with E-state index in [9.17, 15) is 31.6 Å². The molecule has 0 unspecified atom stereocenters. The van der Waals surface area contributed by atoms with Crippen LogP contribution in [0.25, 0.3) is 0 Å². The first kappa shape index (κ1) is 49.3. The summed E-state index contributed by atoms with van der Waals surface area (Å²) in [5.41, 5.74) is -0.295. The van der Waals surface area contributed by atoms with Crippen molar-refractivity contribution in [3.05, 3.63) is 0 Å². The highest BCUT2D eigenvalue weighted by Crippen LogP contribution is 2.31. The van der Waals surface area contributed by atoms with Gasteiger partial charge in [0.2, 0.25) is 0 Å². The fourth-order valence-electron chi connectivity index (χ4n) is 4.22. The third kappa shape index (κ3) is 17.8. The highest BCUT2D eigenvalue weighted by atomic mass is 32.2. The van der Waals surface area contributed by atoms with E-state index >= 15 is 0 Å². The normalized spacial score (nSPS) is 25.6. The van der Waals surface area contributed by atoms with Gasteiger partial charge in [-0.15, -0.1) is 8.78 Å². The number of ether oxygens (including phenoxy) is 9. The number of nitrogens with zero attached hydrogens (tertiary/aromatic N) is 5. The number of cyclic esters (lactones) is 3. The fourth-order valence-corrected chi connectivity index (χ4v) is 5.32. The number of urea groups is 1. The molecule has 7 aliphatic heterocycles. The van der Waals surface area contributed by atoms with Crippen LogP contribution in [0.2, 0.25) is 0 Å². The Kier molecular flexibility index (Phi) is 20.2. The molecular weight excluding hydrogens is 748 g/mol. The lowest BCUT2D eigenvalue weighted by Crippen LogP contribution is -2.53. The van der Waals surface area contributed by atoms with E-state index in [1.165, 1.54) is 8.61 Å². The Labute approximate surface area is 318 Å². The van der Waals surface area contributed by atoms with Gasteiger partial charge in [0, 0.05) is 61.4 Å². The largest absolute Gasteiger partial charge is 0.508 e. The third-order valence-electron chi connectivity index (χ3n) is 8.49. The molecule has 0 aromatic rings. The van der Waals surface area contributed by atoms with E-state index in [-0.39, 0.29) is 42.3 Å². The van der Waals surface area contributed by atoms with Gasteiger partial charge in [0.15, 0.2) is 5.79 Å². The van der Waals surface area contributed by atoms with Crippen molar-refractivity contribution in [3.8, 4) is 0 Å². The van der Waals surface area contributed by atoms with Crippen molar-refractivity contribution in [3.63, 3.8) is 0 Å². The van der Waals surface area contributed by atoms with Crippen molar-refractivity contribution in [1.82, 2.24) is 23.3 Å². The molecule has 0 atom stereocenters. The van der Waals surface area contributed by atoms with Gasteiger partial charge in [-0.3, -0.25) is 9.47 Å². The average molecular weight is 810 g/mol. The van der Waals surface area contributed by atoms with Crippen molar-refractivity contribution >= 4 is 28.5 Å². The Balaban J connectivity index is 0.000000317. The van der Waals surface area contributed by atoms with Crippen LogP contribution >= 0.6 is 0 Å². The number of hydrogen-bond acceptors (Lipinski definition) is 14. The van der Waals surface area contributed by atoms with Crippen LogP contribution in [0.1, 0.15) is 41.5 Å². The standard InChI is InChI=1S/C8H16O2.C5H10N2O.C5H10O2.C4H10N2O2S.C4H7NO2.C3H4F2O2.C3H4O3/c1-7(2)8(3,4)10-6-5-9-7;1-6-3-4-7(2)5(6)8;1-5(2)6-3-4-7-5;1-5-3-4-6(2)9(5,7)8;1-5-2-3-7-4(5)6;4-3(5)6-1-2-7-3;4-3-5-1-2-6-3/h5-6H2,1-4H3;3-4H2,1-2H3;3-4H2,1-2H3;3-4H2,1-2H3;2-3H2,1H3;1-2H2;1-2H2. The zero-order valence-electron chi connectivity index (χ0n) is 33.5. The minimum absolute atomic E-state index is 0.00694. The maximum absolute atomic E-state index is 11.5. The minimum atomic E-state index is -3.31. The maximum Gasteiger partial charge on any atom is 0.508 e. The molecule has 7 saturated heterocycles. The first-order chi connectivity index (χ1) is 24.8. The quantitative estimate of drug-likeness (QED) is 0.325. The summed E-state index contributed by atoms with van der Waals surface area (Å²) in [5, 5.41) is 0. The fraction of sp³-hybridized carbons (Fsp3) is 0.906. The highest BCUT2D eigenvalue weighted by molar-refractivity contribution is 7.86. The monoisotopic (exact) mass is 809 g/mol. The topological polar surface area (TPSA) is 185 Å². The summed E-state index contributed by atoms with van der Waals surface area (Å²) < 4.78 is 89.6. The van der Waals surface area contributed by atoms with Crippen LogP contribution < -0.4 is 0 Å². The third-order valence-corrected chi connectivity index (χ3v) is 10.4. The second-order valence-corrected chi connectivity index (χ2v) is 15.9. The van der Waals surface area contributed by atoms with Gasteiger partial charge in [0.25, 0.3) is 10.2 Å². The number of likely N-dealkylation sites (N-methyl/N-ethyl adjacent to an activating group) is 5. The Morgan fingerprint density at radius 2 is 0.889 bits per heavy atom. The summed E-state index contributed by atoms with van der Waals surface area (Å²) in [6.45, 7) is 20.1. The first-order valence-electron chi connectivity index (χ1n) is 17.4. The van der Waals surface area contributed by atoms with Crippen molar-refractivity contribution < 1.29 is 74.2 Å². The number of amides is 3. The van der Waals surface area contributed by atoms with Gasteiger partial charge in [-0.05, 0) is 41.5 Å². The van der Waals surface area contributed by atoms with Crippen molar-refractivity contribution in [1.29, 1.82) is 0 Å². The molecule has 3 amide bonds.